The number of thiazole rings is 1. The van der Waals surface area contributed by atoms with Crippen LogP contribution in [0.3, 0.4) is 0 Å². The lowest BCUT2D eigenvalue weighted by atomic mass is 9.97. The lowest BCUT2D eigenvalue weighted by molar-refractivity contribution is -0.178. The number of nitrogens with zero attached hydrogens (tertiary/aromatic N) is 3. The van der Waals surface area contributed by atoms with E-state index in [2.05, 4.69) is 15.3 Å². The predicted molar refractivity (Wildman–Crippen MR) is 113 cm³/mol. The van der Waals surface area contributed by atoms with Gasteiger partial charge in [-0.15, -0.1) is 5.10 Å². The lowest BCUT2D eigenvalue weighted by Gasteiger charge is -2.41. The van der Waals surface area contributed by atoms with Crippen molar-refractivity contribution in [3.05, 3.63) is 49.5 Å². The molecule has 9 nitrogen and oxygen atoms in total. The summed E-state index contributed by atoms with van der Waals surface area (Å²) in [5, 5.41) is 41.6. The summed E-state index contributed by atoms with van der Waals surface area (Å²) in [7, 11) is 0. The fraction of sp³-hybridized carbons (Fsp3) is 0.353. The zero-order valence-electron chi connectivity index (χ0n) is 15.1. The van der Waals surface area contributed by atoms with Crippen molar-refractivity contribution in [2.45, 2.75) is 34.7 Å². The molecule has 1 saturated heterocycles. The summed E-state index contributed by atoms with van der Waals surface area (Å²) in [5.41, 5.74) is 0.0302. The summed E-state index contributed by atoms with van der Waals surface area (Å²) in [5.74, 6) is 0. The molecule has 0 radical (unpaired) electrons. The molecule has 4 N–H and O–H groups in total. The van der Waals surface area contributed by atoms with E-state index in [1.54, 1.807) is 23.6 Å². The molecule has 1 aliphatic heterocycles. The zero-order valence-corrected chi connectivity index (χ0v) is 18.2. The van der Waals surface area contributed by atoms with Crippen molar-refractivity contribution in [2.24, 2.45) is 0 Å². The fourth-order valence-electron chi connectivity index (χ4n) is 3.11. The second-order valence-corrected chi connectivity index (χ2v) is 9.36. The van der Waals surface area contributed by atoms with Crippen molar-refractivity contribution in [1.29, 1.82) is 0 Å². The molecular formula is C17H16Cl2N4O5S2. The standard InChI is InChI=1S/C17H16Cl2N4O5S2/c18-8-2-1-7(3-9(8)19)30-16-15(26)13(14(25)12(5-24)28-16)23-4-10(21-22-23)11-6-29-17(27)20-11/h1-4,6,12-16,24-26H,5H2,(H,20,27)/t12?,13-,14-,15?,16+/m0/s1. The monoisotopic (exact) mass is 490 g/mol. The molecule has 0 saturated carbocycles. The highest BCUT2D eigenvalue weighted by Gasteiger charge is 2.46. The molecule has 30 heavy (non-hydrogen) atoms. The first-order valence-electron chi connectivity index (χ1n) is 8.71. The Bertz CT molecular complexity index is 1090. The Hall–Kier alpha value is -1.44. The Labute approximate surface area is 188 Å². The van der Waals surface area contributed by atoms with Crippen molar-refractivity contribution in [1.82, 2.24) is 20.0 Å². The highest BCUT2D eigenvalue weighted by atomic mass is 35.5. The first-order valence-corrected chi connectivity index (χ1v) is 11.2. The van der Waals surface area contributed by atoms with Crippen LogP contribution in [0.5, 0.6) is 0 Å². The minimum absolute atomic E-state index is 0.232. The van der Waals surface area contributed by atoms with E-state index in [-0.39, 0.29) is 4.87 Å². The van der Waals surface area contributed by atoms with Crippen LogP contribution in [-0.4, -0.2) is 65.7 Å². The van der Waals surface area contributed by atoms with Gasteiger partial charge in [-0.25, -0.2) is 4.68 Å². The summed E-state index contributed by atoms with van der Waals surface area (Å²) in [4.78, 5) is 14.5. The van der Waals surface area contributed by atoms with Gasteiger partial charge in [-0.1, -0.05) is 51.5 Å². The topological polar surface area (TPSA) is 133 Å². The molecule has 1 aliphatic rings. The number of aliphatic hydroxyl groups is 3. The SMILES string of the molecule is O=c1[nH]c(-c2cn([C@@H]3C(O)[C@@H](Sc4ccc(Cl)c(Cl)c4)OC(CO)[C@@H]3O)nn2)cs1. The molecule has 0 spiro atoms. The van der Waals surface area contributed by atoms with Crippen molar-refractivity contribution >= 4 is 46.3 Å². The molecule has 3 heterocycles. The van der Waals surface area contributed by atoms with Gasteiger partial charge in [0.25, 0.3) is 0 Å². The van der Waals surface area contributed by atoms with Crippen LogP contribution >= 0.6 is 46.3 Å². The lowest BCUT2D eigenvalue weighted by Crippen LogP contribution is -2.55. The summed E-state index contributed by atoms with van der Waals surface area (Å²) in [6.45, 7) is -0.456. The Kier molecular flexibility index (Phi) is 6.51. The molecule has 13 heteroatoms. The Morgan fingerprint density at radius 3 is 2.73 bits per heavy atom. The van der Waals surface area contributed by atoms with Crippen LogP contribution in [0.2, 0.25) is 10.0 Å². The molecule has 1 fully saturated rings. The number of hydrogen-bond donors (Lipinski definition) is 4. The summed E-state index contributed by atoms with van der Waals surface area (Å²) >= 11 is 14.2. The number of thioether (sulfide) groups is 1. The van der Waals surface area contributed by atoms with Gasteiger partial charge in [-0.2, -0.15) is 0 Å². The molecule has 0 bridgehead atoms. The third kappa shape index (κ3) is 4.30. The quantitative estimate of drug-likeness (QED) is 0.425. The Morgan fingerprint density at radius 1 is 1.27 bits per heavy atom. The molecule has 0 aliphatic carbocycles. The van der Waals surface area contributed by atoms with E-state index in [1.807, 2.05) is 0 Å². The maximum absolute atomic E-state index is 11.4. The third-order valence-corrected chi connectivity index (χ3v) is 7.16. The number of aliphatic hydroxyl groups excluding tert-OH is 3. The van der Waals surface area contributed by atoms with E-state index in [1.165, 1.54) is 22.6 Å². The van der Waals surface area contributed by atoms with Crippen LogP contribution in [0.4, 0.5) is 0 Å². The molecule has 1 aromatic carbocycles. The summed E-state index contributed by atoms with van der Waals surface area (Å²) < 4.78 is 7.02. The van der Waals surface area contributed by atoms with Crippen molar-refractivity contribution in [3.8, 4) is 11.4 Å². The van der Waals surface area contributed by atoms with Gasteiger partial charge >= 0.3 is 4.87 Å². The van der Waals surface area contributed by atoms with Gasteiger partial charge in [-0.05, 0) is 18.2 Å². The van der Waals surface area contributed by atoms with Gasteiger partial charge in [0, 0.05) is 10.3 Å². The summed E-state index contributed by atoms with van der Waals surface area (Å²) in [6.07, 6.45) is -1.88. The van der Waals surface area contributed by atoms with Crippen LogP contribution < -0.4 is 4.87 Å². The van der Waals surface area contributed by atoms with Crippen LogP contribution in [0.25, 0.3) is 11.4 Å². The molecule has 2 unspecified atom stereocenters. The molecule has 160 valence electrons. The first-order chi connectivity index (χ1) is 14.4. The van der Waals surface area contributed by atoms with E-state index in [9.17, 15) is 20.1 Å². The molecule has 0 amide bonds. The number of halogens is 2. The maximum atomic E-state index is 11.4. The van der Waals surface area contributed by atoms with Crippen molar-refractivity contribution < 1.29 is 20.1 Å². The zero-order chi connectivity index (χ0) is 21.4. The van der Waals surface area contributed by atoms with E-state index in [0.29, 0.717) is 26.3 Å². The minimum atomic E-state index is -1.24. The number of benzene rings is 1. The van der Waals surface area contributed by atoms with Gasteiger partial charge < -0.3 is 25.0 Å². The van der Waals surface area contributed by atoms with Crippen molar-refractivity contribution in [2.75, 3.05) is 6.61 Å². The highest BCUT2D eigenvalue weighted by molar-refractivity contribution is 7.99. The number of nitrogens with one attached hydrogen (secondary N) is 1. The second-order valence-electron chi connectivity index (χ2n) is 6.54. The van der Waals surface area contributed by atoms with E-state index >= 15 is 0 Å². The average Bonchev–Trinajstić information content (AvgIpc) is 3.36. The van der Waals surface area contributed by atoms with Crippen molar-refractivity contribution in [3.63, 3.8) is 0 Å². The molecular weight excluding hydrogens is 475 g/mol. The highest BCUT2D eigenvalue weighted by Crippen LogP contribution is 2.39. The van der Waals surface area contributed by atoms with Crippen LogP contribution in [0.1, 0.15) is 6.04 Å². The van der Waals surface area contributed by atoms with E-state index in [4.69, 9.17) is 27.9 Å². The second kappa shape index (κ2) is 8.97. The molecule has 4 rings (SSSR count). The van der Waals surface area contributed by atoms with Crippen LogP contribution in [0.15, 0.2) is 39.5 Å². The number of hydrogen-bond acceptors (Lipinski definition) is 9. The number of H-pyrrole nitrogens is 1. The Morgan fingerprint density at radius 2 is 2.07 bits per heavy atom. The largest absolute Gasteiger partial charge is 0.394 e. The molecule has 3 aromatic rings. The van der Waals surface area contributed by atoms with E-state index < -0.39 is 36.4 Å². The van der Waals surface area contributed by atoms with Gasteiger partial charge in [0.05, 0.1) is 28.5 Å². The summed E-state index contributed by atoms with van der Waals surface area (Å²) in [6, 6.07) is 4.05. The predicted octanol–water partition coefficient (Wildman–Crippen LogP) is 1.77. The molecule has 5 atom stereocenters. The molecule has 2 aromatic heterocycles. The number of rotatable bonds is 5. The third-order valence-electron chi connectivity index (χ3n) is 4.60. The average molecular weight is 491 g/mol. The number of aromatic amines is 1. The normalized spacial score (nSPS) is 26.8. The maximum Gasteiger partial charge on any atom is 0.304 e. The minimum Gasteiger partial charge on any atom is -0.394 e. The van der Waals surface area contributed by atoms with Gasteiger partial charge in [0.2, 0.25) is 0 Å². The fourth-order valence-corrected chi connectivity index (χ4v) is 5.15. The van der Waals surface area contributed by atoms with Gasteiger partial charge in [0.15, 0.2) is 0 Å². The Balaban J connectivity index is 1.62. The smallest absolute Gasteiger partial charge is 0.304 e. The number of ether oxygens (including phenoxy) is 1. The van der Waals surface area contributed by atoms with E-state index in [0.717, 1.165) is 11.3 Å². The van der Waals surface area contributed by atoms with Gasteiger partial charge in [0.1, 0.15) is 35.5 Å². The van der Waals surface area contributed by atoms with Crippen LogP contribution in [-0.2, 0) is 4.74 Å². The van der Waals surface area contributed by atoms with Gasteiger partial charge in [-0.3, -0.25) is 4.79 Å². The first kappa shape index (κ1) is 21.8. The number of aromatic nitrogens is 4. The van der Waals surface area contributed by atoms with Crippen LogP contribution in [0, 0.1) is 0 Å².